The van der Waals surface area contributed by atoms with Gasteiger partial charge in [0, 0.05) is 54.9 Å². The zero-order valence-corrected chi connectivity index (χ0v) is 18.8. The Morgan fingerprint density at radius 3 is 2.70 bits per heavy atom. The maximum absolute atomic E-state index is 13.1. The molecule has 0 bridgehead atoms. The van der Waals surface area contributed by atoms with Crippen molar-refractivity contribution in [1.82, 2.24) is 25.1 Å². The molecule has 4 heterocycles. The van der Waals surface area contributed by atoms with E-state index in [2.05, 4.69) is 15.3 Å². The van der Waals surface area contributed by atoms with Gasteiger partial charge < -0.3 is 15.3 Å². The van der Waals surface area contributed by atoms with Crippen molar-refractivity contribution in [3.63, 3.8) is 0 Å². The van der Waals surface area contributed by atoms with E-state index in [0.717, 1.165) is 52.8 Å². The molecule has 4 aromatic rings. The third-order valence-corrected chi connectivity index (χ3v) is 6.99. The fourth-order valence-corrected chi connectivity index (χ4v) is 5.08. The first-order valence-corrected chi connectivity index (χ1v) is 11.5. The second-order valence-electron chi connectivity index (χ2n) is 9.41. The minimum absolute atomic E-state index is 0.207. The number of nitrogens with one attached hydrogen (secondary N) is 1. The number of benzene rings is 1. The Morgan fingerprint density at radius 2 is 1.88 bits per heavy atom. The molecule has 0 unspecified atom stereocenters. The summed E-state index contributed by atoms with van der Waals surface area (Å²) >= 11 is 0. The zero-order valence-electron chi connectivity index (χ0n) is 18.8. The number of halogens is 1. The highest BCUT2D eigenvalue weighted by Gasteiger charge is 2.33. The lowest BCUT2D eigenvalue weighted by molar-refractivity contribution is 0.148. The monoisotopic (exact) mass is 446 g/mol. The first-order valence-electron chi connectivity index (χ1n) is 11.5. The van der Waals surface area contributed by atoms with Crippen LogP contribution in [-0.2, 0) is 7.05 Å². The van der Waals surface area contributed by atoms with Crippen LogP contribution in [-0.4, -0.2) is 56.2 Å². The number of alkyl halides is 1. The van der Waals surface area contributed by atoms with Gasteiger partial charge in [0.1, 0.15) is 17.7 Å². The summed E-state index contributed by atoms with van der Waals surface area (Å²) in [4.78, 5) is 11.9. The van der Waals surface area contributed by atoms with Crippen LogP contribution in [0.4, 0.5) is 10.2 Å². The van der Waals surface area contributed by atoms with E-state index in [9.17, 15) is 9.50 Å². The van der Waals surface area contributed by atoms with Crippen molar-refractivity contribution in [2.75, 3.05) is 18.0 Å². The van der Waals surface area contributed by atoms with Crippen molar-refractivity contribution in [3.05, 3.63) is 42.1 Å². The first kappa shape index (κ1) is 20.4. The number of hydrogen-bond acceptors (Lipinski definition) is 6. The lowest BCUT2D eigenvalue weighted by Crippen LogP contribution is -2.48. The lowest BCUT2D eigenvalue weighted by atomic mass is 9.90. The molecule has 7 nitrogen and oxygen atoms in total. The average molecular weight is 447 g/mol. The zero-order chi connectivity index (χ0) is 22.7. The third kappa shape index (κ3) is 3.58. The Kier molecular flexibility index (Phi) is 4.72. The maximum Gasteiger partial charge on any atom is 0.130 e. The largest absolute Gasteiger partial charge is 0.507 e. The van der Waals surface area contributed by atoms with Crippen LogP contribution in [0.3, 0.4) is 0 Å². The molecule has 2 N–H and O–H groups in total. The molecule has 2 fully saturated rings. The van der Waals surface area contributed by atoms with Crippen molar-refractivity contribution in [2.24, 2.45) is 7.05 Å². The van der Waals surface area contributed by atoms with Crippen LogP contribution in [0.15, 0.2) is 36.5 Å². The number of hydrogen-bond donors (Lipinski definition) is 2. The van der Waals surface area contributed by atoms with Crippen LogP contribution < -0.4 is 10.2 Å². The molecule has 8 heteroatoms. The Balaban J connectivity index is 1.26. The summed E-state index contributed by atoms with van der Waals surface area (Å²) in [5.74, 6) is 1.15. The van der Waals surface area contributed by atoms with Crippen molar-refractivity contribution < 1.29 is 9.50 Å². The molecule has 33 heavy (non-hydrogen) atoms. The van der Waals surface area contributed by atoms with E-state index >= 15 is 0 Å². The van der Waals surface area contributed by atoms with Crippen LogP contribution in [0, 0.1) is 6.92 Å². The topological polar surface area (TPSA) is 79.1 Å². The number of anilines is 1. The molecular weight excluding hydrogens is 419 g/mol. The first-order chi connectivity index (χ1) is 15.9. The van der Waals surface area contributed by atoms with Crippen LogP contribution >= 0.6 is 0 Å². The molecule has 0 radical (unpaired) electrons. The van der Waals surface area contributed by atoms with E-state index in [1.165, 1.54) is 0 Å². The molecular formula is C25H27FN6O. The van der Waals surface area contributed by atoms with Gasteiger partial charge in [0.2, 0.25) is 0 Å². The van der Waals surface area contributed by atoms with E-state index in [-0.39, 0.29) is 5.75 Å². The van der Waals surface area contributed by atoms with Crippen molar-refractivity contribution >= 4 is 27.8 Å². The summed E-state index contributed by atoms with van der Waals surface area (Å²) < 4.78 is 14.8. The summed E-state index contributed by atoms with van der Waals surface area (Å²) in [7, 11) is 1.87. The molecule has 170 valence electrons. The fraction of sp³-hybridized carbons (Fsp3) is 0.400. The van der Waals surface area contributed by atoms with E-state index in [1.807, 2.05) is 50.5 Å². The number of aryl methyl sites for hydroxylation is 2. The number of rotatable bonds is 4. The van der Waals surface area contributed by atoms with Crippen molar-refractivity contribution in [2.45, 2.75) is 44.4 Å². The van der Waals surface area contributed by atoms with Crippen LogP contribution in [0.25, 0.3) is 33.2 Å². The number of aromatic nitrogens is 4. The standard InChI is InChI=1S/C25H27FN6O/c1-14-24-15(12-31(2)30-24)9-19(25(14)33)20-3-4-22-21(28-20)5-6-23(29-22)32-8-7-17(13-32)27-18-10-16(26)11-18/h3-6,9,12,16-18,27,33H,7-8,10-11,13H2,1-2H3/t16-,17-,18-/m1/s1. The summed E-state index contributed by atoms with van der Waals surface area (Å²) in [5.41, 5.74) is 4.56. The van der Waals surface area contributed by atoms with Gasteiger partial charge in [-0.2, -0.15) is 5.10 Å². The number of pyridine rings is 2. The van der Waals surface area contributed by atoms with Gasteiger partial charge in [0.25, 0.3) is 0 Å². The normalized spacial score (nSPS) is 22.9. The van der Waals surface area contributed by atoms with Gasteiger partial charge in [-0.15, -0.1) is 0 Å². The summed E-state index contributed by atoms with van der Waals surface area (Å²) in [5, 5.41) is 19.8. The van der Waals surface area contributed by atoms with Gasteiger partial charge in [-0.25, -0.2) is 14.4 Å². The Bertz CT molecular complexity index is 1360. The van der Waals surface area contributed by atoms with Crippen LogP contribution in [0.5, 0.6) is 5.75 Å². The minimum Gasteiger partial charge on any atom is -0.507 e. The smallest absolute Gasteiger partial charge is 0.130 e. The van der Waals surface area contributed by atoms with Gasteiger partial charge in [-0.05, 0) is 56.5 Å². The molecule has 0 spiro atoms. The van der Waals surface area contributed by atoms with Crippen LogP contribution in [0.2, 0.25) is 0 Å². The molecule has 1 aromatic carbocycles. The molecule has 1 saturated carbocycles. The lowest BCUT2D eigenvalue weighted by Gasteiger charge is -2.33. The number of aromatic hydroxyl groups is 1. The van der Waals surface area contributed by atoms with E-state index < -0.39 is 6.17 Å². The highest BCUT2D eigenvalue weighted by Crippen LogP contribution is 2.36. The molecule has 3 aromatic heterocycles. The Morgan fingerprint density at radius 1 is 1.09 bits per heavy atom. The predicted octanol–water partition coefficient (Wildman–Crippen LogP) is 3.87. The fourth-order valence-electron chi connectivity index (χ4n) is 5.08. The second kappa shape index (κ2) is 7.66. The Hall–Kier alpha value is -3.26. The molecule has 6 rings (SSSR count). The highest BCUT2D eigenvalue weighted by molar-refractivity contribution is 5.91. The number of phenolic OH excluding ortho intramolecular Hbond substituents is 1. The van der Waals surface area contributed by atoms with Gasteiger partial charge in [0.15, 0.2) is 0 Å². The summed E-state index contributed by atoms with van der Waals surface area (Å²) in [6.07, 6.45) is 3.64. The van der Waals surface area contributed by atoms with Crippen molar-refractivity contribution in [3.8, 4) is 17.0 Å². The van der Waals surface area contributed by atoms with Crippen molar-refractivity contribution in [1.29, 1.82) is 0 Å². The maximum atomic E-state index is 13.1. The Labute approximate surface area is 191 Å². The minimum atomic E-state index is -0.628. The second-order valence-corrected chi connectivity index (χ2v) is 9.41. The van der Waals surface area contributed by atoms with E-state index in [4.69, 9.17) is 9.97 Å². The molecule has 2 aliphatic rings. The summed E-state index contributed by atoms with van der Waals surface area (Å²) in [6, 6.07) is 10.5. The SMILES string of the molecule is Cc1c(O)c(-c2ccc3nc(N4CC[C@@H](N[C@H]5C[C@H](F)C5)C4)ccc3n2)cc2cn(C)nc12. The predicted molar refractivity (Wildman–Crippen MR) is 127 cm³/mol. The average Bonchev–Trinajstić information content (AvgIpc) is 3.41. The van der Waals surface area contributed by atoms with E-state index in [1.54, 1.807) is 4.68 Å². The third-order valence-electron chi connectivity index (χ3n) is 6.99. The molecule has 0 amide bonds. The van der Waals surface area contributed by atoms with Gasteiger partial charge >= 0.3 is 0 Å². The van der Waals surface area contributed by atoms with Crippen LogP contribution in [0.1, 0.15) is 24.8 Å². The van der Waals surface area contributed by atoms with E-state index in [0.29, 0.717) is 36.2 Å². The molecule has 1 saturated heterocycles. The van der Waals surface area contributed by atoms with Gasteiger partial charge in [0.05, 0.1) is 22.2 Å². The summed E-state index contributed by atoms with van der Waals surface area (Å²) in [6.45, 7) is 3.70. The number of fused-ring (bicyclic) bond motifs is 2. The molecule has 1 aliphatic carbocycles. The van der Waals surface area contributed by atoms with Gasteiger partial charge in [-0.3, -0.25) is 4.68 Å². The molecule has 1 aliphatic heterocycles. The quantitative estimate of drug-likeness (QED) is 0.496. The van der Waals surface area contributed by atoms with Gasteiger partial charge in [-0.1, -0.05) is 0 Å². The molecule has 1 atom stereocenters. The number of nitrogens with zero attached hydrogens (tertiary/aromatic N) is 5. The number of phenols is 1. The highest BCUT2D eigenvalue weighted by atomic mass is 19.1.